The van der Waals surface area contributed by atoms with Gasteiger partial charge < -0.3 is 4.98 Å². The van der Waals surface area contributed by atoms with Crippen molar-refractivity contribution < 1.29 is 9.59 Å². The molecule has 1 N–H and O–H groups in total. The molecule has 1 aromatic heterocycles. The van der Waals surface area contributed by atoms with Gasteiger partial charge in [0.1, 0.15) is 0 Å². The summed E-state index contributed by atoms with van der Waals surface area (Å²) in [5.41, 5.74) is 3.08. The number of nitrogens with zero attached hydrogens (tertiary/aromatic N) is 2. The Morgan fingerprint density at radius 1 is 1.12 bits per heavy atom. The van der Waals surface area contributed by atoms with Crippen LogP contribution >= 0.6 is 0 Å². The highest BCUT2D eigenvalue weighted by Gasteiger charge is 2.30. The van der Waals surface area contributed by atoms with Gasteiger partial charge in [-0.1, -0.05) is 30.3 Å². The number of hydrogen-bond acceptors (Lipinski definition) is 4. The number of aromatic nitrogens is 1. The monoisotopic (exact) mass is 341 g/mol. The molecule has 0 aliphatic heterocycles. The van der Waals surface area contributed by atoms with Crippen molar-refractivity contribution >= 4 is 22.5 Å². The van der Waals surface area contributed by atoms with Crippen molar-refractivity contribution in [2.24, 2.45) is 5.92 Å². The second kappa shape index (κ2) is 7.04. The molecule has 26 heavy (non-hydrogen) atoms. The fraction of sp³-hybridized carbons (Fsp3) is 0.143. The maximum Gasteiger partial charge on any atom is 0.190 e. The molecule has 0 saturated carbocycles. The van der Waals surface area contributed by atoms with Crippen LogP contribution in [-0.4, -0.2) is 16.6 Å². The van der Waals surface area contributed by atoms with E-state index in [1.165, 1.54) is 6.20 Å². The molecular weight excluding hydrogens is 326 g/mol. The average molecular weight is 341 g/mol. The van der Waals surface area contributed by atoms with Crippen LogP contribution in [0.4, 0.5) is 0 Å². The zero-order valence-corrected chi connectivity index (χ0v) is 14.1. The maximum absolute atomic E-state index is 12.8. The highest BCUT2D eigenvalue weighted by atomic mass is 16.2. The van der Waals surface area contributed by atoms with E-state index in [9.17, 15) is 14.9 Å². The highest BCUT2D eigenvalue weighted by Crippen LogP contribution is 2.24. The number of aromatic amines is 1. The lowest BCUT2D eigenvalue weighted by Crippen LogP contribution is -2.23. The molecule has 3 rings (SSSR count). The third-order valence-corrected chi connectivity index (χ3v) is 4.25. The largest absolute Gasteiger partial charge is 0.360 e. The summed E-state index contributed by atoms with van der Waals surface area (Å²) in [5.74, 6) is -2.51. The van der Waals surface area contributed by atoms with Crippen molar-refractivity contribution in [2.45, 2.75) is 13.3 Å². The van der Waals surface area contributed by atoms with Gasteiger partial charge in [0.05, 0.1) is 18.6 Å². The topological polar surface area (TPSA) is 97.5 Å². The number of nitriles is 2. The summed E-state index contributed by atoms with van der Waals surface area (Å²) in [4.78, 5) is 28.6. The van der Waals surface area contributed by atoms with Gasteiger partial charge >= 0.3 is 0 Å². The fourth-order valence-electron chi connectivity index (χ4n) is 2.93. The fourth-order valence-corrected chi connectivity index (χ4v) is 2.93. The number of nitrogens with one attached hydrogen (secondary N) is 1. The van der Waals surface area contributed by atoms with Gasteiger partial charge in [0.15, 0.2) is 17.5 Å². The van der Waals surface area contributed by atoms with E-state index in [4.69, 9.17) is 5.26 Å². The van der Waals surface area contributed by atoms with Gasteiger partial charge in [-0.25, -0.2) is 0 Å². The molecule has 5 heteroatoms. The van der Waals surface area contributed by atoms with Crippen molar-refractivity contribution in [1.29, 1.82) is 10.5 Å². The van der Waals surface area contributed by atoms with E-state index in [1.54, 1.807) is 30.3 Å². The van der Waals surface area contributed by atoms with Crippen molar-refractivity contribution in [1.82, 2.24) is 4.98 Å². The number of carbonyl (C=O) groups excluding carboxylic acids is 2. The molecule has 0 bridgehead atoms. The number of ketones is 2. The summed E-state index contributed by atoms with van der Waals surface area (Å²) in [6, 6.07) is 15.9. The van der Waals surface area contributed by atoms with Crippen LogP contribution in [0, 0.1) is 35.5 Å². The SMILES string of the molecule is Cc1ccc2c(C(=O)C(C#N)C(=O)c3cccc(CC#N)c3)c[nH]c2c1. The molecule has 0 radical (unpaired) electrons. The van der Waals surface area contributed by atoms with Crippen LogP contribution in [-0.2, 0) is 6.42 Å². The van der Waals surface area contributed by atoms with Crippen LogP contribution in [0.25, 0.3) is 10.9 Å². The molecule has 0 amide bonds. The van der Waals surface area contributed by atoms with Gasteiger partial charge in [0.2, 0.25) is 0 Å². The minimum absolute atomic E-state index is 0.161. The minimum atomic E-state index is -1.42. The Bertz CT molecular complexity index is 1100. The van der Waals surface area contributed by atoms with Crippen LogP contribution in [0.15, 0.2) is 48.7 Å². The Balaban J connectivity index is 1.96. The first kappa shape index (κ1) is 17.1. The normalized spacial score (nSPS) is 11.5. The molecule has 0 aliphatic rings. The minimum Gasteiger partial charge on any atom is -0.360 e. The van der Waals surface area contributed by atoms with Crippen molar-refractivity contribution in [3.63, 3.8) is 0 Å². The number of Topliss-reactive ketones (excluding diaryl/α,β-unsaturated/α-hetero) is 2. The average Bonchev–Trinajstić information content (AvgIpc) is 3.05. The molecule has 0 spiro atoms. The Morgan fingerprint density at radius 2 is 1.92 bits per heavy atom. The summed E-state index contributed by atoms with van der Waals surface area (Å²) < 4.78 is 0. The van der Waals surface area contributed by atoms with Crippen LogP contribution in [0.1, 0.15) is 31.8 Å². The van der Waals surface area contributed by atoms with Crippen LogP contribution < -0.4 is 0 Å². The summed E-state index contributed by atoms with van der Waals surface area (Å²) >= 11 is 0. The van der Waals surface area contributed by atoms with Crippen LogP contribution in [0.3, 0.4) is 0 Å². The lowest BCUT2D eigenvalue weighted by Gasteiger charge is -2.08. The van der Waals surface area contributed by atoms with Gasteiger partial charge in [-0.05, 0) is 30.2 Å². The first-order valence-electron chi connectivity index (χ1n) is 8.07. The summed E-state index contributed by atoms with van der Waals surface area (Å²) in [6.07, 6.45) is 1.70. The number of hydrogen-bond donors (Lipinski definition) is 1. The first-order valence-corrected chi connectivity index (χ1v) is 8.07. The molecule has 1 heterocycles. The molecular formula is C21H15N3O2. The van der Waals surface area contributed by atoms with Crippen LogP contribution in [0.2, 0.25) is 0 Å². The Labute approximate surface area is 150 Å². The van der Waals surface area contributed by atoms with Crippen molar-refractivity contribution in [3.05, 3.63) is 70.9 Å². The summed E-state index contributed by atoms with van der Waals surface area (Å²) in [7, 11) is 0. The second-order valence-corrected chi connectivity index (χ2v) is 6.08. The molecule has 2 aromatic carbocycles. The molecule has 3 aromatic rings. The number of rotatable bonds is 5. The number of H-pyrrole nitrogens is 1. The van der Waals surface area contributed by atoms with E-state index in [0.717, 1.165) is 11.1 Å². The second-order valence-electron chi connectivity index (χ2n) is 6.08. The van der Waals surface area contributed by atoms with Crippen LogP contribution in [0.5, 0.6) is 0 Å². The highest BCUT2D eigenvalue weighted by molar-refractivity contribution is 6.21. The molecule has 5 nitrogen and oxygen atoms in total. The standard InChI is InChI=1S/C21H15N3O2/c1-13-5-6-16-18(12-24-19(16)9-13)21(26)17(11-23)20(25)15-4-2-3-14(10-15)7-8-22/h2-6,9-10,12,17,24H,7H2,1H3. The van der Waals surface area contributed by atoms with Gasteiger partial charge in [-0.15, -0.1) is 0 Å². The third kappa shape index (κ3) is 3.11. The predicted molar refractivity (Wildman–Crippen MR) is 96.6 cm³/mol. The zero-order chi connectivity index (χ0) is 18.7. The van der Waals surface area contributed by atoms with E-state index in [-0.39, 0.29) is 12.0 Å². The number of carbonyl (C=O) groups is 2. The maximum atomic E-state index is 12.8. The summed E-state index contributed by atoms with van der Waals surface area (Å²) in [5, 5.41) is 18.9. The Kier molecular flexibility index (Phi) is 4.64. The molecule has 0 fully saturated rings. The van der Waals surface area contributed by atoms with E-state index < -0.39 is 17.5 Å². The van der Waals surface area contributed by atoms with E-state index in [1.807, 2.05) is 31.2 Å². The Morgan fingerprint density at radius 3 is 2.65 bits per heavy atom. The third-order valence-electron chi connectivity index (χ3n) is 4.25. The molecule has 1 atom stereocenters. The van der Waals surface area contributed by atoms with Gasteiger partial charge in [0, 0.05) is 28.2 Å². The number of fused-ring (bicyclic) bond motifs is 1. The Hall–Kier alpha value is -3.70. The van der Waals surface area contributed by atoms with E-state index >= 15 is 0 Å². The molecule has 1 unspecified atom stereocenters. The van der Waals surface area contributed by atoms with E-state index in [0.29, 0.717) is 16.5 Å². The van der Waals surface area contributed by atoms with E-state index in [2.05, 4.69) is 4.98 Å². The summed E-state index contributed by atoms with van der Waals surface area (Å²) in [6.45, 7) is 1.94. The molecule has 0 aliphatic carbocycles. The zero-order valence-electron chi connectivity index (χ0n) is 14.1. The number of aryl methyl sites for hydroxylation is 1. The lowest BCUT2D eigenvalue weighted by atomic mass is 9.90. The number of benzene rings is 2. The predicted octanol–water partition coefficient (Wildman–Crippen LogP) is 3.75. The van der Waals surface area contributed by atoms with Gasteiger partial charge in [-0.2, -0.15) is 10.5 Å². The molecule has 126 valence electrons. The quantitative estimate of drug-likeness (QED) is 0.564. The van der Waals surface area contributed by atoms with Gasteiger partial charge in [-0.3, -0.25) is 9.59 Å². The smallest absolute Gasteiger partial charge is 0.190 e. The molecule has 0 saturated heterocycles. The van der Waals surface area contributed by atoms with Crippen molar-refractivity contribution in [3.8, 4) is 12.1 Å². The van der Waals surface area contributed by atoms with Gasteiger partial charge in [0.25, 0.3) is 0 Å². The van der Waals surface area contributed by atoms with Crippen molar-refractivity contribution in [2.75, 3.05) is 0 Å². The first-order chi connectivity index (χ1) is 12.5. The lowest BCUT2D eigenvalue weighted by molar-refractivity contribution is 0.0847.